The van der Waals surface area contributed by atoms with Crippen LogP contribution in [0.3, 0.4) is 0 Å². The van der Waals surface area contributed by atoms with Gasteiger partial charge in [-0.05, 0) is 113 Å². The molecular weight excluding hydrogens is 1360 g/mol. The average molecular weight is 1430 g/mol. The van der Waals surface area contributed by atoms with Crippen molar-refractivity contribution in [3.63, 3.8) is 0 Å². The van der Waals surface area contributed by atoms with Crippen LogP contribution in [0, 0.1) is 0 Å². The van der Waals surface area contributed by atoms with E-state index in [1.165, 1.54) is 44.5 Å². The molecule has 0 saturated carbocycles. The maximum atomic E-state index is 7.17. The molecule has 112 heavy (non-hydrogen) atoms. The van der Waals surface area contributed by atoms with E-state index in [2.05, 4.69) is 388 Å². The van der Waals surface area contributed by atoms with E-state index in [-0.39, 0.29) is 0 Å². The first-order valence-corrected chi connectivity index (χ1v) is 38.2. The molecule has 0 amide bonds. The minimum Gasteiger partial charge on any atom is -0.456 e. The Bertz CT molecular complexity index is 6720. The molecule has 2 aromatic heterocycles. The van der Waals surface area contributed by atoms with Crippen LogP contribution in [-0.4, -0.2) is 19.9 Å². The maximum absolute atomic E-state index is 7.17. The lowest BCUT2D eigenvalue weighted by Gasteiger charge is -2.40. The van der Waals surface area contributed by atoms with Crippen molar-refractivity contribution in [3.8, 4) is 169 Å². The van der Waals surface area contributed by atoms with Crippen LogP contribution in [0.5, 0.6) is 23.0 Å². The first kappa shape index (κ1) is 64.5. The second-order valence-corrected chi connectivity index (χ2v) is 29.3. The zero-order chi connectivity index (χ0) is 73.9. The fourth-order valence-electron chi connectivity index (χ4n) is 18.4. The quantitative estimate of drug-likeness (QED) is 0.129. The van der Waals surface area contributed by atoms with Crippen LogP contribution < -0.4 is 9.47 Å². The summed E-state index contributed by atoms with van der Waals surface area (Å²) in [5, 5.41) is 0. The van der Waals surface area contributed by atoms with Gasteiger partial charge >= 0.3 is 0 Å². The van der Waals surface area contributed by atoms with Gasteiger partial charge in [-0.3, -0.25) is 0 Å². The molecule has 2 aliphatic heterocycles. The first-order valence-electron chi connectivity index (χ1n) is 38.2. The van der Waals surface area contributed by atoms with Crippen LogP contribution in [0.15, 0.2) is 400 Å². The Hall–Kier alpha value is -14.7. The van der Waals surface area contributed by atoms with Crippen molar-refractivity contribution in [1.29, 1.82) is 0 Å². The second kappa shape index (κ2) is 26.0. The van der Waals surface area contributed by atoms with Crippen molar-refractivity contribution < 1.29 is 9.47 Å². The summed E-state index contributed by atoms with van der Waals surface area (Å²) in [5.74, 6) is 4.72. The van der Waals surface area contributed by atoms with Gasteiger partial charge in [-0.15, -0.1) is 0 Å². The van der Waals surface area contributed by atoms with Gasteiger partial charge in [0.2, 0.25) is 0 Å². The van der Waals surface area contributed by atoms with Gasteiger partial charge in [0, 0.05) is 66.8 Å². The topological polar surface area (TPSA) is 70.0 Å². The van der Waals surface area contributed by atoms with Gasteiger partial charge in [-0.1, -0.05) is 376 Å². The Morgan fingerprint density at radius 1 is 0.161 bits per heavy atom. The lowest BCUT2D eigenvalue weighted by atomic mass is 9.65. The van der Waals surface area contributed by atoms with Crippen LogP contribution in [0.1, 0.15) is 44.5 Å². The number of ether oxygens (including phenoxy) is 2. The highest BCUT2D eigenvalue weighted by Crippen LogP contribution is 2.65. The summed E-state index contributed by atoms with van der Waals surface area (Å²) in [6.07, 6.45) is 0. The molecule has 0 N–H and O–H groups in total. The Morgan fingerprint density at radius 3 is 0.902 bits per heavy atom. The van der Waals surface area contributed by atoms with Crippen molar-refractivity contribution in [2.75, 3.05) is 0 Å². The van der Waals surface area contributed by atoms with Gasteiger partial charge in [0.05, 0.1) is 33.6 Å². The predicted molar refractivity (Wildman–Crippen MR) is 452 cm³/mol. The highest BCUT2D eigenvalue weighted by molar-refractivity contribution is 5.96. The number of nitrogens with zero attached hydrogens (tertiary/aromatic N) is 4. The van der Waals surface area contributed by atoms with Crippen molar-refractivity contribution >= 4 is 0 Å². The van der Waals surface area contributed by atoms with Crippen molar-refractivity contribution in [1.82, 2.24) is 19.9 Å². The van der Waals surface area contributed by atoms with Crippen molar-refractivity contribution in [2.45, 2.75) is 10.8 Å². The van der Waals surface area contributed by atoms with Crippen LogP contribution in [0.25, 0.3) is 146 Å². The van der Waals surface area contributed by atoms with E-state index < -0.39 is 10.8 Å². The molecule has 0 atom stereocenters. The third kappa shape index (κ3) is 10.1. The summed E-state index contributed by atoms with van der Waals surface area (Å²) in [6.45, 7) is 0. The highest BCUT2D eigenvalue weighted by atomic mass is 16.5. The van der Waals surface area contributed by atoms with E-state index in [9.17, 15) is 0 Å². The Morgan fingerprint density at radius 2 is 0.438 bits per heavy atom. The van der Waals surface area contributed by atoms with Crippen molar-refractivity contribution in [2.24, 2.45) is 0 Å². The molecule has 0 radical (unpaired) electrons. The van der Waals surface area contributed by atoms with Crippen LogP contribution >= 0.6 is 0 Å². The maximum Gasteiger partial charge on any atom is 0.161 e. The number of benzene rings is 16. The molecule has 0 saturated heterocycles. The predicted octanol–water partition coefficient (Wildman–Crippen LogP) is 26.5. The number of hydrogen-bond donors (Lipinski definition) is 0. The minimum absolute atomic E-state index is 0.558. The highest BCUT2D eigenvalue weighted by Gasteiger charge is 2.53. The molecule has 18 aromatic rings. The molecule has 16 aromatic carbocycles. The van der Waals surface area contributed by atoms with E-state index in [1.54, 1.807) is 0 Å². The monoisotopic (exact) mass is 1430 g/mol. The van der Waals surface area contributed by atoms with Gasteiger partial charge in [0.25, 0.3) is 0 Å². The average Bonchev–Trinajstić information content (AvgIpc) is 1.48. The summed E-state index contributed by atoms with van der Waals surface area (Å²) in [7, 11) is 0. The molecule has 6 nitrogen and oxygen atoms in total. The van der Waals surface area contributed by atoms with Crippen LogP contribution in [-0.2, 0) is 10.8 Å². The number of fused-ring (bicyclic) bond motifs is 18. The molecule has 0 fully saturated rings. The van der Waals surface area contributed by atoms with Crippen LogP contribution in [0.4, 0.5) is 0 Å². The standard InChI is InChI=1S/C106H66N4O2/c1-3-27-71(28-4-1)95-65-96(108-103(107-95)74-63-59-67(60-64-74)75-31-7-10-34-79(75)85-42-26-50-94-102(85)112-100-52-24-22-48-92(100)106(94)89-45-19-15-37-82(89)83-38-16-20-46-90(83)106)73-61-57-68(58-62-73)76-32-8-11-39-84(76)98-66-97(72-29-5-2-6-30-72)109-104(110-98)86-40-12-9-33-77(86)69-53-55-70(56-54-69)78-41-25-49-93-101(78)111-99-51-23-21-47-91(99)105(93)87-43-17-13-35-80(87)81-36-14-18-44-88(81)105/h1-66H. The van der Waals surface area contributed by atoms with Crippen LogP contribution in [0.2, 0.25) is 0 Å². The van der Waals surface area contributed by atoms with E-state index in [0.29, 0.717) is 11.6 Å². The number of hydrogen-bond acceptors (Lipinski definition) is 6. The normalized spacial score (nSPS) is 13.1. The zero-order valence-corrected chi connectivity index (χ0v) is 60.7. The second-order valence-electron chi connectivity index (χ2n) is 29.3. The fourth-order valence-corrected chi connectivity index (χ4v) is 18.4. The molecule has 6 heteroatoms. The van der Waals surface area contributed by atoms with Crippen molar-refractivity contribution in [3.05, 3.63) is 445 Å². The van der Waals surface area contributed by atoms with Gasteiger partial charge in [0.15, 0.2) is 11.6 Å². The number of aromatic nitrogens is 4. The SMILES string of the molecule is c1ccc(-c2cc(-c3ccc(-c4ccccc4-c4cc(-c5ccccc5)nc(-c5ccccc5-c5ccc(-c6cccc7c6Oc6ccccc6C76c7ccccc7-c7ccccc76)cc5)n4)cc3)nc(-c3ccc(-c4ccccc4-c4cccc5c4Oc4ccccc4C54c5ccccc5-c5ccccc54)cc3)n2)cc1. The van der Waals surface area contributed by atoms with E-state index in [4.69, 9.17) is 29.4 Å². The van der Waals surface area contributed by atoms with Gasteiger partial charge in [-0.25, -0.2) is 19.9 Å². The zero-order valence-electron chi connectivity index (χ0n) is 60.7. The summed E-state index contributed by atoms with van der Waals surface area (Å²) >= 11 is 0. The number of para-hydroxylation sites is 4. The van der Waals surface area contributed by atoms with Gasteiger partial charge in [0.1, 0.15) is 23.0 Å². The molecule has 522 valence electrons. The molecule has 0 unspecified atom stereocenters. The lowest BCUT2D eigenvalue weighted by Crippen LogP contribution is -2.32. The number of rotatable bonds is 11. The summed E-state index contributed by atoms with van der Waals surface area (Å²) in [5.41, 5.74) is 33.1. The molecule has 2 aliphatic carbocycles. The largest absolute Gasteiger partial charge is 0.456 e. The van der Waals surface area contributed by atoms with E-state index in [0.717, 1.165) is 157 Å². The van der Waals surface area contributed by atoms with Gasteiger partial charge in [-0.2, -0.15) is 0 Å². The lowest BCUT2D eigenvalue weighted by molar-refractivity contribution is 0.438. The third-order valence-electron chi connectivity index (χ3n) is 23.4. The molecule has 0 bridgehead atoms. The Balaban J connectivity index is 0.588. The summed E-state index contributed by atoms with van der Waals surface area (Å²) in [6, 6.07) is 143. The molecule has 22 rings (SSSR count). The van der Waals surface area contributed by atoms with E-state index >= 15 is 0 Å². The van der Waals surface area contributed by atoms with E-state index in [1.807, 2.05) is 12.1 Å². The Kier molecular flexibility index (Phi) is 15.0. The smallest absolute Gasteiger partial charge is 0.161 e. The first-order chi connectivity index (χ1) is 55.5. The molecular formula is C106H66N4O2. The third-order valence-corrected chi connectivity index (χ3v) is 23.4. The Labute approximate surface area is 649 Å². The molecule has 4 heterocycles. The summed E-state index contributed by atoms with van der Waals surface area (Å²) < 4.78 is 14.3. The summed E-state index contributed by atoms with van der Waals surface area (Å²) in [4.78, 5) is 21.7. The van der Waals surface area contributed by atoms with Gasteiger partial charge < -0.3 is 9.47 Å². The molecule has 2 spiro atoms. The minimum atomic E-state index is -0.572. The fraction of sp³-hybridized carbons (Fsp3) is 0.0189. The molecule has 4 aliphatic rings.